The average Bonchev–Trinajstić information content (AvgIpc) is 3.35. The summed E-state index contributed by atoms with van der Waals surface area (Å²) in [6.07, 6.45) is 0. The molecule has 0 saturated carbocycles. The van der Waals surface area contributed by atoms with Crippen molar-refractivity contribution < 1.29 is 0 Å². The molecule has 0 radical (unpaired) electrons. The van der Waals surface area contributed by atoms with Crippen molar-refractivity contribution in [1.29, 1.82) is 0 Å². The normalized spacial score (nSPS) is 11.6. The molecule has 0 unspecified atom stereocenters. The molecule has 0 N–H and O–H groups in total. The van der Waals surface area contributed by atoms with Crippen molar-refractivity contribution in [2.75, 3.05) is 0 Å². The molecule has 0 amide bonds. The zero-order valence-corrected chi connectivity index (χ0v) is 21.4. The maximum absolute atomic E-state index is 2.44. The van der Waals surface area contributed by atoms with Gasteiger partial charge in [0.05, 0.1) is 11.0 Å². The second kappa shape index (κ2) is 8.72. The van der Waals surface area contributed by atoms with E-state index >= 15 is 0 Å². The van der Waals surface area contributed by atoms with Gasteiger partial charge in [-0.05, 0) is 62.7 Å². The van der Waals surface area contributed by atoms with Gasteiger partial charge in [-0.3, -0.25) is 0 Å². The molecule has 0 atom stereocenters. The second-order valence-corrected chi connectivity index (χ2v) is 10.2. The van der Waals surface area contributed by atoms with Crippen molar-refractivity contribution in [2.24, 2.45) is 0 Å². The predicted molar refractivity (Wildman–Crippen MR) is 167 cm³/mol. The second-order valence-electron chi connectivity index (χ2n) is 10.2. The van der Waals surface area contributed by atoms with Gasteiger partial charge in [0, 0.05) is 21.8 Å². The number of nitrogens with zero attached hydrogens (tertiary/aromatic N) is 1. The van der Waals surface area contributed by atoms with E-state index in [1.807, 2.05) is 0 Å². The first-order valence-corrected chi connectivity index (χ1v) is 13.5. The van der Waals surface area contributed by atoms with Crippen LogP contribution in [0.4, 0.5) is 0 Å². The van der Waals surface area contributed by atoms with E-state index in [1.165, 1.54) is 71.3 Å². The molecule has 1 nitrogen and oxygen atoms in total. The fraction of sp³-hybridized carbons (Fsp3) is 0. The Hall–Kier alpha value is -5.14. The molecule has 1 heteroatoms. The number of aromatic nitrogens is 1. The van der Waals surface area contributed by atoms with Gasteiger partial charge in [-0.15, -0.1) is 0 Å². The minimum absolute atomic E-state index is 1.17. The molecule has 0 fully saturated rings. The van der Waals surface area contributed by atoms with Gasteiger partial charge in [-0.1, -0.05) is 127 Å². The van der Waals surface area contributed by atoms with Crippen molar-refractivity contribution in [3.63, 3.8) is 0 Å². The number of para-hydroxylation sites is 1. The van der Waals surface area contributed by atoms with E-state index in [0.29, 0.717) is 0 Å². The molecule has 0 aliphatic rings. The van der Waals surface area contributed by atoms with E-state index < -0.39 is 0 Å². The van der Waals surface area contributed by atoms with Gasteiger partial charge in [-0.2, -0.15) is 0 Å². The summed E-state index contributed by atoms with van der Waals surface area (Å²) in [5.74, 6) is 0. The molecule has 8 aromatic rings. The monoisotopic (exact) mass is 495 g/mol. The molecule has 7 aromatic carbocycles. The number of benzene rings is 7. The topological polar surface area (TPSA) is 4.93 Å². The van der Waals surface area contributed by atoms with Gasteiger partial charge in [0.15, 0.2) is 0 Å². The highest BCUT2D eigenvalue weighted by atomic mass is 15.0. The van der Waals surface area contributed by atoms with Crippen LogP contribution in [0.2, 0.25) is 0 Å². The average molecular weight is 496 g/mol. The van der Waals surface area contributed by atoms with Gasteiger partial charge in [0.2, 0.25) is 0 Å². The standard InChI is InChI=1S/C38H25N/c1-2-11-27(12-3-1)35-25-36-33-17-8-9-20-37(33)39(38(36)34-18-7-6-16-32(34)35)29-23-21-28(22-24-29)31-19-10-14-26-13-4-5-15-30(26)31/h1-25H. The van der Waals surface area contributed by atoms with Gasteiger partial charge >= 0.3 is 0 Å². The van der Waals surface area contributed by atoms with Crippen LogP contribution in [0.15, 0.2) is 152 Å². The lowest BCUT2D eigenvalue weighted by Gasteiger charge is -2.14. The van der Waals surface area contributed by atoms with Crippen LogP contribution in [0.3, 0.4) is 0 Å². The minimum Gasteiger partial charge on any atom is -0.309 e. The third-order valence-electron chi connectivity index (χ3n) is 7.99. The number of fused-ring (bicyclic) bond motifs is 6. The zero-order valence-electron chi connectivity index (χ0n) is 21.4. The maximum Gasteiger partial charge on any atom is 0.0619 e. The first-order chi connectivity index (χ1) is 19.4. The number of hydrogen-bond acceptors (Lipinski definition) is 0. The van der Waals surface area contributed by atoms with E-state index in [4.69, 9.17) is 0 Å². The van der Waals surface area contributed by atoms with Gasteiger partial charge in [0.1, 0.15) is 0 Å². The van der Waals surface area contributed by atoms with E-state index in [2.05, 4.69) is 156 Å². The van der Waals surface area contributed by atoms with E-state index in [1.54, 1.807) is 0 Å². The van der Waals surface area contributed by atoms with Gasteiger partial charge in [-0.25, -0.2) is 0 Å². The molecular weight excluding hydrogens is 470 g/mol. The molecule has 0 bridgehead atoms. The van der Waals surface area contributed by atoms with Gasteiger partial charge in [0.25, 0.3) is 0 Å². The van der Waals surface area contributed by atoms with Crippen LogP contribution in [0.5, 0.6) is 0 Å². The summed E-state index contributed by atoms with van der Waals surface area (Å²) in [6, 6.07) is 54.9. The van der Waals surface area contributed by atoms with Crippen LogP contribution in [-0.2, 0) is 0 Å². The Labute approximate surface area is 227 Å². The molecule has 0 aliphatic heterocycles. The van der Waals surface area contributed by atoms with Crippen LogP contribution < -0.4 is 0 Å². The predicted octanol–water partition coefficient (Wildman–Crippen LogP) is 10.4. The minimum atomic E-state index is 1.17. The largest absolute Gasteiger partial charge is 0.309 e. The van der Waals surface area contributed by atoms with Crippen molar-refractivity contribution in [3.05, 3.63) is 152 Å². The summed E-state index contributed by atoms with van der Waals surface area (Å²) in [5, 5.41) is 7.64. The molecule has 0 spiro atoms. The quantitative estimate of drug-likeness (QED) is 0.230. The van der Waals surface area contributed by atoms with Crippen molar-refractivity contribution in [2.45, 2.75) is 0 Å². The molecule has 0 aliphatic carbocycles. The van der Waals surface area contributed by atoms with E-state index in [0.717, 1.165) is 0 Å². The lowest BCUT2D eigenvalue weighted by molar-refractivity contribution is 1.19. The summed E-state index contributed by atoms with van der Waals surface area (Å²) >= 11 is 0. The summed E-state index contributed by atoms with van der Waals surface area (Å²) in [4.78, 5) is 0. The molecule has 0 saturated heterocycles. The molecular formula is C38H25N. The Morgan fingerprint density at radius 2 is 0.974 bits per heavy atom. The highest BCUT2D eigenvalue weighted by Crippen LogP contribution is 2.41. The summed E-state index contributed by atoms with van der Waals surface area (Å²) in [5.41, 5.74) is 8.65. The van der Waals surface area contributed by atoms with Crippen LogP contribution in [0.1, 0.15) is 0 Å². The van der Waals surface area contributed by atoms with E-state index in [9.17, 15) is 0 Å². The summed E-state index contributed by atoms with van der Waals surface area (Å²) < 4.78 is 2.44. The first kappa shape index (κ1) is 21.9. The zero-order chi connectivity index (χ0) is 25.8. The van der Waals surface area contributed by atoms with Crippen LogP contribution >= 0.6 is 0 Å². The van der Waals surface area contributed by atoms with E-state index in [-0.39, 0.29) is 0 Å². The lowest BCUT2D eigenvalue weighted by Crippen LogP contribution is -1.95. The highest BCUT2D eigenvalue weighted by Gasteiger charge is 2.17. The fourth-order valence-corrected chi connectivity index (χ4v) is 6.21. The Kier molecular flexibility index (Phi) is 4.89. The van der Waals surface area contributed by atoms with Gasteiger partial charge < -0.3 is 4.57 Å². The lowest BCUT2D eigenvalue weighted by atomic mass is 9.95. The summed E-state index contributed by atoms with van der Waals surface area (Å²) in [6.45, 7) is 0. The van der Waals surface area contributed by atoms with Crippen LogP contribution in [0, 0.1) is 0 Å². The van der Waals surface area contributed by atoms with Crippen LogP contribution in [-0.4, -0.2) is 4.57 Å². The molecule has 39 heavy (non-hydrogen) atoms. The Balaban J connectivity index is 1.40. The SMILES string of the molecule is c1ccc(-c2cc3c4ccccc4n(-c4ccc(-c5cccc6ccccc56)cc4)c3c3ccccc23)cc1. The maximum atomic E-state index is 2.44. The number of hydrogen-bond donors (Lipinski definition) is 0. The van der Waals surface area contributed by atoms with Crippen LogP contribution in [0.25, 0.3) is 71.3 Å². The molecule has 1 aromatic heterocycles. The third-order valence-corrected chi connectivity index (χ3v) is 7.99. The smallest absolute Gasteiger partial charge is 0.0619 e. The van der Waals surface area contributed by atoms with Crippen molar-refractivity contribution >= 4 is 43.4 Å². The fourth-order valence-electron chi connectivity index (χ4n) is 6.21. The third kappa shape index (κ3) is 3.41. The highest BCUT2D eigenvalue weighted by molar-refractivity contribution is 6.22. The number of rotatable bonds is 3. The Morgan fingerprint density at radius 3 is 1.79 bits per heavy atom. The van der Waals surface area contributed by atoms with Crippen molar-refractivity contribution in [3.8, 4) is 27.9 Å². The van der Waals surface area contributed by atoms with Crippen molar-refractivity contribution in [1.82, 2.24) is 4.57 Å². The molecule has 8 rings (SSSR count). The first-order valence-electron chi connectivity index (χ1n) is 13.5. The Bertz CT molecular complexity index is 2140. The molecule has 1 heterocycles. The molecule has 182 valence electrons. The Morgan fingerprint density at radius 1 is 0.359 bits per heavy atom. The summed E-state index contributed by atoms with van der Waals surface area (Å²) in [7, 11) is 0.